The van der Waals surface area contributed by atoms with Gasteiger partial charge in [-0.25, -0.2) is 0 Å². The summed E-state index contributed by atoms with van der Waals surface area (Å²) in [4.78, 5) is 20.7. The Morgan fingerprint density at radius 2 is 1.92 bits per heavy atom. The quantitative estimate of drug-likeness (QED) is 0.264. The third-order valence-corrected chi connectivity index (χ3v) is 8.21. The Hall–Kier alpha value is -2.98. The number of hydrogen-bond donors (Lipinski definition) is 0. The van der Waals surface area contributed by atoms with Gasteiger partial charge >= 0.3 is 5.97 Å². The molecule has 3 aliphatic rings. The minimum atomic E-state index is -0.332. The summed E-state index contributed by atoms with van der Waals surface area (Å²) in [6.07, 6.45) is 6.87. The molecule has 6 rings (SSSR count). The van der Waals surface area contributed by atoms with Crippen LogP contribution in [0.1, 0.15) is 62.3 Å². The van der Waals surface area contributed by atoms with Gasteiger partial charge < -0.3 is 4.74 Å². The average molecular weight is 483 g/mol. The molecule has 6 atom stereocenters. The molecule has 1 aromatic heterocycles. The van der Waals surface area contributed by atoms with Gasteiger partial charge in [0.1, 0.15) is 6.10 Å². The highest BCUT2D eigenvalue weighted by Crippen LogP contribution is 2.43. The molecule has 3 fully saturated rings. The number of para-hydroxylation sites is 1. The van der Waals surface area contributed by atoms with Crippen LogP contribution in [0.15, 0.2) is 73.4 Å². The predicted octanol–water partition coefficient (Wildman–Crippen LogP) is 6.72. The molecule has 36 heavy (non-hydrogen) atoms. The summed E-state index contributed by atoms with van der Waals surface area (Å²) in [5.41, 5.74) is 4.30. The third kappa shape index (κ3) is 4.97. The van der Waals surface area contributed by atoms with Gasteiger partial charge in [-0.15, -0.1) is 6.58 Å². The van der Waals surface area contributed by atoms with E-state index in [4.69, 9.17) is 4.74 Å². The van der Waals surface area contributed by atoms with Crippen LogP contribution in [0.4, 0.5) is 0 Å². The van der Waals surface area contributed by atoms with Crippen LogP contribution in [0.25, 0.3) is 10.9 Å². The van der Waals surface area contributed by atoms with E-state index in [9.17, 15) is 4.79 Å². The van der Waals surface area contributed by atoms with Crippen molar-refractivity contribution in [2.24, 2.45) is 17.8 Å². The summed E-state index contributed by atoms with van der Waals surface area (Å²) in [6, 6.07) is 18.8. The largest absolute Gasteiger partial charge is 0.455 e. The maximum atomic E-state index is 13.6. The van der Waals surface area contributed by atoms with E-state index in [1.165, 1.54) is 12.0 Å². The topological polar surface area (TPSA) is 42.4 Å². The molecule has 0 spiro atoms. The molecule has 0 radical (unpaired) electrons. The highest BCUT2D eigenvalue weighted by molar-refractivity contribution is 5.83. The zero-order valence-electron chi connectivity index (χ0n) is 21.8. The predicted molar refractivity (Wildman–Crippen MR) is 146 cm³/mol. The van der Waals surface area contributed by atoms with E-state index in [0.29, 0.717) is 17.8 Å². The van der Waals surface area contributed by atoms with Crippen molar-refractivity contribution in [1.82, 2.24) is 9.88 Å². The summed E-state index contributed by atoms with van der Waals surface area (Å²) >= 11 is 0. The number of piperidine rings is 3. The van der Waals surface area contributed by atoms with Crippen molar-refractivity contribution in [3.05, 3.63) is 90.1 Å². The van der Waals surface area contributed by atoms with Crippen molar-refractivity contribution in [3.8, 4) is 0 Å². The Morgan fingerprint density at radius 3 is 2.61 bits per heavy atom. The number of hydrogen-bond acceptors (Lipinski definition) is 4. The molecule has 0 amide bonds. The maximum Gasteiger partial charge on any atom is 0.313 e. The number of pyridine rings is 1. The molecule has 188 valence electrons. The van der Waals surface area contributed by atoms with Crippen molar-refractivity contribution >= 4 is 16.9 Å². The van der Waals surface area contributed by atoms with Gasteiger partial charge in [-0.2, -0.15) is 0 Å². The van der Waals surface area contributed by atoms with Gasteiger partial charge in [-0.3, -0.25) is 14.7 Å². The number of aromatic nitrogens is 1. The molecule has 3 aliphatic heterocycles. The minimum absolute atomic E-state index is 0.162. The van der Waals surface area contributed by atoms with Crippen molar-refractivity contribution < 1.29 is 9.53 Å². The van der Waals surface area contributed by atoms with E-state index in [2.05, 4.69) is 66.7 Å². The van der Waals surface area contributed by atoms with Crippen LogP contribution >= 0.6 is 0 Å². The van der Waals surface area contributed by atoms with Crippen LogP contribution in [0.2, 0.25) is 0 Å². The SMILES string of the molecule is C=CC1CN2CCC1CC2C(OC(=O)C(C)c1ccc(CC(C)C)cc1)c1ccnc2ccccc12. The third-order valence-electron chi connectivity index (χ3n) is 8.21. The number of esters is 1. The van der Waals surface area contributed by atoms with E-state index in [0.717, 1.165) is 48.0 Å². The Kier molecular flexibility index (Phi) is 7.25. The fourth-order valence-electron chi connectivity index (χ4n) is 6.18. The van der Waals surface area contributed by atoms with Crippen molar-refractivity contribution in [3.63, 3.8) is 0 Å². The Morgan fingerprint density at radius 1 is 1.14 bits per heavy atom. The number of benzene rings is 2. The standard InChI is InChI=1S/C32H38N2O2/c1-5-24-20-34-17-15-26(24)19-30(34)31(28-14-16-33-29-9-7-6-8-27(28)29)36-32(35)22(4)25-12-10-23(11-13-25)18-21(2)3/h5-14,16,21-22,24,26,30-31H,1,15,17-20H2,2-4H3. The van der Waals surface area contributed by atoms with Gasteiger partial charge in [0.05, 0.1) is 17.5 Å². The monoisotopic (exact) mass is 482 g/mol. The highest BCUT2D eigenvalue weighted by Gasteiger charge is 2.44. The van der Waals surface area contributed by atoms with Crippen LogP contribution in [-0.4, -0.2) is 35.0 Å². The van der Waals surface area contributed by atoms with Gasteiger partial charge in [0.25, 0.3) is 0 Å². The summed E-state index contributed by atoms with van der Waals surface area (Å²) in [5, 5.41) is 1.06. The van der Waals surface area contributed by atoms with Crippen molar-refractivity contribution in [1.29, 1.82) is 0 Å². The average Bonchev–Trinajstić information content (AvgIpc) is 2.91. The molecule has 3 aromatic rings. The lowest BCUT2D eigenvalue weighted by molar-refractivity contribution is -0.158. The van der Waals surface area contributed by atoms with Crippen LogP contribution < -0.4 is 0 Å². The van der Waals surface area contributed by atoms with E-state index < -0.39 is 0 Å². The summed E-state index contributed by atoms with van der Waals surface area (Å²) in [5.74, 6) is 1.23. The number of carbonyl (C=O) groups is 1. The van der Waals surface area contributed by atoms with Crippen LogP contribution in [0.3, 0.4) is 0 Å². The fourth-order valence-corrected chi connectivity index (χ4v) is 6.18. The first-order valence-electron chi connectivity index (χ1n) is 13.4. The first kappa shape index (κ1) is 24.7. The second-order valence-corrected chi connectivity index (χ2v) is 11.1. The number of fused-ring (bicyclic) bond motifs is 4. The lowest BCUT2D eigenvalue weighted by Crippen LogP contribution is -2.55. The molecule has 0 saturated carbocycles. The van der Waals surface area contributed by atoms with Gasteiger partial charge in [0, 0.05) is 23.7 Å². The highest BCUT2D eigenvalue weighted by atomic mass is 16.5. The number of nitrogens with zero attached hydrogens (tertiary/aromatic N) is 2. The van der Waals surface area contributed by atoms with Crippen LogP contribution in [-0.2, 0) is 16.0 Å². The smallest absolute Gasteiger partial charge is 0.313 e. The van der Waals surface area contributed by atoms with Crippen molar-refractivity contribution in [2.75, 3.05) is 13.1 Å². The van der Waals surface area contributed by atoms with Crippen LogP contribution in [0, 0.1) is 17.8 Å². The van der Waals surface area contributed by atoms with Gasteiger partial charge in [-0.05, 0) is 73.7 Å². The molecule has 2 aromatic carbocycles. The molecule has 3 saturated heterocycles. The molecule has 4 heteroatoms. The molecule has 0 N–H and O–H groups in total. The van der Waals surface area contributed by atoms with E-state index in [1.54, 1.807) is 0 Å². The van der Waals surface area contributed by atoms with Crippen LogP contribution in [0.5, 0.6) is 0 Å². The zero-order chi connectivity index (χ0) is 25.2. The minimum Gasteiger partial charge on any atom is -0.455 e. The molecule has 4 nitrogen and oxygen atoms in total. The molecule has 6 unspecified atom stereocenters. The first-order chi connectivity index (χ1) is 17.4. The maximum absolute atomic E-state index is 13.6. The number of ether oxygens (including phenoxy) is 1. The molecule has 0 aliphatic carbocycles. The second-order valence-electron chi connectivity index (χ2n) is 11.1. The lowest BCUT2D eigenvalue weighted by Gasteiger charge is -2.51. The Bertz CT molecular complexity index is 1210. The lowest BCUT2D eigenvalue weighted by atomic mass is 9.73. The molecule has 2 bridgehead atoms. The summed E-state index contributed by atoms with van der Waals surface area (Å²) in [7, 11) is 0. The molecular formula is C32H38N2O2. The molecule has 4 heterocycles. The van der Waals surface area contributed by atoms with E-state index in [1.807, 2.05) is 37.4 Å². The van der Waals surface area contributed by atoms with Gasteiger partial charge in [0.2, 0.25) is 0 Å². The van der Waals surface area contributed by atoms with Gasteiger partial charge in [0.15, 0.2) is 0 Å². The molecular weight excluding hydrogens is 444 g/mol. The fraction of sp³-hybridized carbons (Fsp3) is 0.438. The second kappa shape index (κ2) is 10.6. The zero-order valence-corrected chi connectivity index (χ0v) is 21.8. The van der Waals surface area contributed by atoms with Crippen molar-refractivity contribution in [2.45, 2.75) is 58.1 Å². The summed E-state index contributed by atoms with van der Waals surface area (Å²) < 4.78 is 6.48. The number of rotatable bonds is 8. The number of carbonyl (C=O) groups excluding carboxylic acids is 1. The Balaban J connectivity index is 1.44. The first-order valence-corrected chi connectivity index (χ1v) is 13.4. The van der Waals surface area contributed by atoms with E-state index in [-0.39, 0.29) is 24.0 Å². The normalized spacial score (nSPS) is 25.0. The van der Waals surface area contributed by atoms with Gasteiger partial charge in [-0.1, -0.05) is 62.4 Å². The summed E-state index contributed by atoms with van der Waals surface area (Å²) in [6.45, 7) is 12.5. The Labute approximate surface area is 215 Å². The van der Waals surface area contributed by atoms with E-state index >= 15 is 0 Å².